The van der Waals surface area contributed by atoms with Crippen LogP contribution in [0.15, 0.2) is 72.8 Å². The first-order valence-corrected chi connectivity index (χ1v) is 15.8. The molecule has 0 aromatic heterocycles. The standard InChI is InChI=1S/C38H52O6/c1-26(2)35(39)43-24-28(5)22-41-33-14-10-30(11-15-33)37(7,8)31-18-20-38(9,21-19-31)32-12-16-34(17-13-32)42-23-29(6)25-44-36(40)27(3)4/h10-17,28-29,31H,1,3,18-25H2,2,4-9H3. The highest BCUT2D eigenvalue weighted by Gasteiger charge is 2.39. The summed E-state index contributed by atoms with van der Waals surface area (Å²) in [4.78, 5) is 23.2. The molecule has 0 amide bonds. The molecule has 1 fully saturated rings. The molecule has 6 heteroatoms. The predicted molar refractivity (Wildman–Crippen MR) is 176 cm³/mol. The van der Waals surface area contributed by atoms with E-state index in [1.807, 2.05) is 13.8 Å². The van der Waals surface area contributed by atoms with Gasteiger partial charge < -0.3 is 18.9 Å². The molecule has 0 spiro atoms. The zero-order chi connectivity index (χ0) is 32.5. The largest absolute Gasteiger partial charge is 0.493 e. The molecule has 3 rings (SSSR count). The molecule has 6 nitrogen and oxygen atoms in total. The number of hydrogen-bond donors (Lipinski definition) is 0. The van der Waals surface area contributed by atoms with Crippen LogP contribution in [0.2, 0.25) is 0 Å². The zero-order valence-electron chi connectivity index (χ0n) is 27.9. The number of hydrogen-bond acceptors (Lipinski definition) is 6. The Kier molecular flexibility index (Phi) is 12.3. The molecule has 0 radical (unpaired) electrons. The van der Waals surface area contributed by atoms with Crippen LogP contribution >= 0.6 is 0 Å². The average molecular weight is 605 g/mol. The lowest BCUT2D eigenvalue weighted by molar-refractivity contribution is -0.141. The van der Waals surface area contributed by atoms with Crippen LogP contribution in [0.5, 0.6) is 11.5 Å². The molecule has 44 heavy (non-hydrogen) atoms. The van der Waals surface area contributed by atoms with Crippen molar-refractivity contribution in [2.24, 2.45) is 17.8 Å². The van der Waals surface area contributed by atoms with Crippen LogP contribution in [0.25, 0.3) is 0 Å². The third kappa shape index (κ3) is 9.73. The molecule has 2 unspecified atom stereocenters. The topological polar surface area (TPSA) is 71.1 Å². The fourth-order valence-corrected chi connectivity index (χ4v) is 5.69. The maximum atomic E-state index is 11.6. The van der Waals surface area contributed by atoms with E-state index in [1.54, 1.807) is 13.8 Å². The van der Waals surface area contributed by atoms with Gasteiger partial charge in [-0.15, -0.1) is 0 Å². The Morgan fingerprint density at radius 1 is 0.773 bits per heavy atom. The van der Waals surface area contributed by atoms with Crippen LogP contribution in [-0.4, -0.2) is 38.4 Å². The van der Waals surface area contributed by atoms with Gasteiger partial charge in [-0.3, -0.25) is 0 Å². The van der Waals surface area contributed by atoms with Crippen LogP contribution in [-0.2, 0) is 29.9 Å². The molecular weight excluding hydrogens is 552 g/mol. The van der Waals surface area contributed by atoms with Crippen LogP contribution in [0.3, 0.4) is 0 Å². The summed E-state index contributed by atoms with van der Waals surface area (Å²) in [6.07, 6.45) is 4.62. The van der Waals surface area contributed by atoms with Gasteiger partial charge in [-0.1, -0.05) is 72.0 Å². The summed E-state index contributed by atoms with van der Waals surface area (Å²) in [5, 5.41) is 0. The molecule has 0 heterocycles. The van der Waals surface area contributed by atoms with E-state index in [1.165, 1.54) is 24.0 Å². The van der Waals surface area contributed by atoms with Gasteiger partial charge in [0.1, 0.15) is 11.5 Å². The molecule has 0 saturated heterocycles. The van der Waals surface area contributed by atoms with E-state index in [0.29, 0.717) is 43.5 Å². The van der Waals surface area contributed by atoms with Gasteiger partial charge in [0, 0.05) is 23.0 Å². The van der Waals surface area contributed by atoms with Crippen molar-refractivity contribution < 1.29 is 28.5 Å². The molecule has 2 aromatic rings. The molecular formula is C38H52O6. The Morgan fingerprint density at radius 3 is 1.59 bits per heavy atom. The molecule has 2 atom stereocenters. The lowest BCUT2D eigenvalue weighted by atomic mass is 9.60. The molecule has 1 saturated carbocycles. The first-order chi connectivity index (χ1) is 20.7. The van der Waals surface area contributed by atoms with Crippen molar-refractivity contribution in [3.05, 3.63) is 84.0 Å². The van der Waals surface area contributed by atoms with E-state index in [9.17, 15) is 9.59 Å². The Hall–Kier alpha value is -3.54. The second kappa shape index (κ2) is 15.5. The first kappa shape index (κ1) is 34.9. The Bertz CT molecular complexity index is 1270. The molecule has 0 bridgehead atoms. The van der Waals surface area contributed by atoms with Gasteiger partial charge in [0.25, 0.3) is 0 Å². The fraction of sp³-hybridized carbons (Fsp3) is 0.526. The normalized spacial score (nSPS) is 19.8. The SMILES string of the molecule is C=C(C)C(=O)OCC(C)COc1ccc(C2(C)CCC(C(C)(C)c3ccc(OCC(C)COC(=O)C(=C)C)cc3)CC2)cc1. The van der Waals surface area contributed by atoms with Crippen molar-refractivity contribution in [1.29, 1.82) is 0 Å². The summed E-state index contributed by atoms with van der Waals surface area (Å²) in [5.74, 6) is 1.70. The highest BCUT2D eigenvalue weighted by molar-refractivity contribution is 5.87. The van der Waals surface area contributed by atoms with Crippen molar-refractivity contribution in [3.63, 3.8) is 0 Å². The monoisotopic (exact) mass is 604 g/mol. The molecule has 1 aliphatic rings. The van der Waals surface area contributed by atoms with Gasteiger partial charge in [-0.05, 0) is 91.7 Å². The number of benzene rings is 2. The Morgan fingerprint density at radius 2 is 1.18 bits per heavy atom. The van der Waals surface area contributed by atoms with Gasteiger partial charge in [-0.2, -0.15) is 0 Å². The van der Waals surface area contributed by atoms with Crippen molar-refractivity contribution in [2.75, 3.05) is 26.4 Å². The van der Waals surface area contributed by atoms with Gasteiger partial charge >= 0.3 is 11.9 Å². The van der Waals surface area contributed by atoms with Gasteiger partial charge in [-0.25, -0.2) is 9.59 Å². The van der Waals surface area contributed by atoms with E-state index in [4.69, 9.17) is 18.9 Å². The summed E-state index contributed by atoms with van der Waals surface area (Å²) < 4.78 is 22.4. The van der Waals surface area contributed by atoms with E-state index in [-0.39, 0.29) is 34.6 Å². The average Bonchev–Trinajstić information content (AvgIpc) is 3.00. The van der Waals surface area contributed by atoms with Crippen molar-refractivity contribution in [3.8, 4) is 11.5 Å². The number of rotatable bonds is 15. The summed E-state index contributed by atoms with van der Waals surface area (Å²) in [7, 11) is 0. The molecule has 240 valence electrons. The minimum Gasteiger partial charge on any atom is -0.493 e. The minimum atomic E-state index is -0.363. The maximum Gasteiger partial charge on any atom is 0.333 e. The quantitative estimate of drug-likeness (QED) is 0.150. The molecule has 0 aliphatic heterocycles. The minimum absolute atomic E-state index is 0.0526. The maximum absolute atomic E-state index is 11.6. The summed E-state index contributed by atoms with van der Waals surface area (Å²) in [6, 6.07) is 17.0. The number of ether oxygens (including phenoxy) is 4. The smallest absolute Gasteiger partial charge is 0.333 e. The van der Waals surface area contributed by atoms with E-state index in [2.05, 4.69) is 82.5 Å². The van der Waals surface area contributed by atoms with E-state index < -0.39 is 0 Å². The predicted octanol–water partition coefficient (Wildman–Crippen LogP) is 8.38. The zero-order valence-corrected chi connectivity index (χ0v) is 27.9. The third-order valence-electron chi connectivity index (χ3n) is 9.02. The van der Waals surface area contributed by atoms with Gasteiger partial charge in [0.05, 0.1) is 26.4 Å². The highest BCUT2D eigenvalue weighted by Crippen LogP contribution is 2.48. The number of esters is 2. The Labute approximate surface area is 264 Å². The van der Waals surface area contributed by atoms with Gasteiger partial charge in [0.15, 0.2) is 0 Å². The first-order valence-electron chi connectivity index (χ1n) is 15.8. The lowest BCUT2D eigenvalue weighted by Crippen LogP contribution is -2.36. The van der Waals surface area contributed by atoms with Gasteiger partial charge in [0.2, 0.25) is 0 Å². The lowest BCUT2D eigenvalue weighted by Gasteiger charge is -2.44. The van der Waals surface area contributed by atoms with Crippen LogP contribution in [0, 0.1) is 17.8 Å². The summed E-state index contributed by atoms with van der Waals surface area (Å²) in [6.45, 7) is 23.2. The van der Waals surface area contributed by atoms with Crippen LogP contribution in [0.4, 0.5) is 0 Å². The van der Waals surface area contributed by atoms with Crippen molar-refractivity contribution in [2.45, 2.75) is 85.0 Å². The summed E-state index contributed by atoms with van der Waals surface area (Å²) >= 11 is 0. The van der Waals surface area contributed by atoms with Crippen LogP contribution in [0.1, 0.15) is 85.3 Å². The second-order valence-corrected chi connectivity index (χ2v) is 13.7. The van der Waals surface area contributed by atoms with E-state index in [0.717, 1.165) is 24.3 Å². The fourth-order valence-electron chi connectivity index (χ4n) is 5.69. The van der Waals surface area contributed by atoms with Crippen molar-refractivity contribution in [1.82, 2.24) is 0 Å². The molecule has 1 aliphatic carbocycles. The molecule has 2 aromatic carbocycles. The van der Waals surface area contributed by atoms with Crippen molar-refractivity contribution >= 4 is 11.9 Å². The number of carbonyl (C=O) groups excluding carboxylic acids is 2. The Balaban J connectivity index is 1.48. The molecule has 0 N–H and O–H groups in total. The summed E-state index contributed by atoms with van der Waals surface area (Å²) in [5.41, 5.74) is 3.69. The number of carbonyl (C=O) groups is 2. The van der Waals surface area contributed by atoms with E-state index >= 15 is 0 Å². The third-order valence-corrected chi connectivity index (χ3v) is 9.02. The van der Waals surface area contributed by atoms with Crippen LogP contribution < -0.4 is 9.47 Å². The second-order valence-electron chi connectivity index (χ2n) is 13.7. The highest BCUT2D eigenvalue weighted by atomic mass is 16.5.